The van der Waals surface area contributed by atoms with Gasteiger partial charge >= 0.3 is 5.63 Å². The average Bonchev–Trinajstić information content (AvgIpc) is 2.84. The zero-order valence-electron chi connectivity index (χ0n) is 14.7. The molecule has 10 heteroatoms. The van der Waals surface area contributed by atoms with Gasteiger partial charge in [-0.25, -0.2) is 4.79 Å². The van der Waals surface area contributed by atoms with Crippen molar-refractivity contribution in [1.82, 2.24) is 0 Å². The number of fused-ring (bicyclic) bond motifs is 4. The molecule has 1 spiro atoms. The summed E-state index contributed by atoms with van der Waals surface area (Å²) in [5.74, 6) is -0.846. The van der Waals surface area contributed by atoms with E-state index in [1.54, 1.807) is 0 Å². The number of aryl methyl sites for hydroxylation is 1. The van der Waals surface area contributed by atoms with Crippen LogP contribution in [-0.4, -0.2) is 17.9 Å². The molecule has 1 unspecified atom stereocenters. The first-order valence-electron chi connectivity index (χ1n) is 8.04. The Morgan fingerprint density at radius 1 is 1.32 bits per heavy atom. The summed E-state index contributed by atoms with van der Waals surface area (Å²) in [6.07, 6.45) is 0. The van der Waals surface area contributed by atoms with Crippen molar-refractivity contribution in [1.29, 1.82) is 5.26 Å². The van der Waals surface area contributed by atoms with Crippen LogP contribution in [0.5, 0.6) is 5.75 Å². The Morgan fingerprint density at radius 3 is 2.68 bits per heavy atom. The quantitative estimate of drug-likeness (QED) is 0.572. The second-order valence-electron chi connectivity index (χ2n) is 6.41. The molecule has 0 saturated carbocycles. The van der Waals surface area contributed by atoms with Crippen LogP contribution in [0.2, 0.25) is 0 Å². The van der Waals surface area contributed by atoms with E-state index in [1.165, 1.54) is 37.1 Å². The van der Waals surface area contributed by atoms with Crippen molar-refractivity contribution in [3.8, 4) is 11.8 Å². The number of likely N-dealkylation sites (N-methyl/N-ethyl adjacent to an activating group) is 1. The number of ether oxygens (including phenoxy) is 1. The summed E-state index contributed by atoms with van der Waals surface area (Å²) in [5.41, 5.74) is 2.57. The summed E-state index contributed by atoms with van der Waals surface area (Å²) in [4.78, 5) is 38.1. The van der Waals surface area contributed by atoms with Gasteiger partial charge in [-0.3, -0.25) is 14.9 Å². The third-order valence-electron chi connectivity index (χ3n) is 4.95. The topological polar surface area (TPSA) is 153 Å². The highest BCUT2D eigenvalue weighted by Crippen LogP contribution is 2.54. The van der Waals surface area contributed by atoms with Crippen molar-refractivity contribution >= 4 is 17.3 Å². The first-order chi connectivity index (χ1) is 13.2. The average molecular weight is 380 g/mol. The number of hydrogen-bond donors (Lipinski definition) is 1. The Bertz CT molecular complexity index is 1220. The normalized spacial score (nSPS) is 19.9. The number of nitrogens with zero attached hydrogens (tertiary/aromatic N) is 3. The van der Waals surface area contributed by atoms with Gasteiger partial charge in [0.15, 0.2) is 5.41 Å². The zero-order valence-corrected chi connectivity index (χ0v) is 14.7. The fourth-order valence-electron chi connectivity index (χ4n) is 3.81. The van der Waals surface area contributed by atoms with Gasteiger partial charge in [-0.2, -0.15) is 5.26 Å². The zero-order chi connectivity index (χ0) is 20.4. The van der Waals surface area contributed by atoms with Gasteiger partial charge in [-0.05, 0) is 13.0 Å². The van der Waals surface area contributed by atoms with E-state index in [1.807, 2.05) is 6.07 Å². The molecule has 2 N–H and O–H groups in total. The molecule has 2 aromatic rings. The molecule has 2 aliphatic heterocycles. The summed E-state index contributed by atoms with van der Waals surface area (Å²) >= 11 is 0. The third kappa shape index (κ3) is 1.90. The molecule has 0 fully saturated rings. The highest BCUT2D eigenvalue weighted by molar-refractivity contribution is 6.14. The van der Waals surface area contributed by atoms with Gasteiger partial charge in [0.05, 0.1) is 4.92 Å². The molecule has 0 bridgehead atoms. The molecule has 10 nitrogen and oxygen atoms in total. The number of non-ortho nitro benzene ring substituents is 1. The van der Waals surface area contributed by atoms with E-state index in [0.29, 0.717) is 5.69 Å². The largest absolute Gasteiger partial charge is 0.440 e. The summed E-state index contributed by atoms with van der Waals surface area (Å²) in [6, 6.07) is 7.00. The Morgan fingerprint density at radius 2 is 2.04 bits per heavy atom. The summed E-state index contributed by atoms with van der Waals surface area (Å²) < 4.78 is 10.6. The Labute approximate surface area is 157 Å². The van der Waals surface area contributed by atoms with E-state index in [9.17, 15) is 25.0 Å². The second kappa shape index (κ2) is 5.43. The van der Waals surface area contributed by atoms with Crippen LogP contribution in [0.4, 0.5) is 11.4 Å². The molecule has 0 radical (unpaired) electrons. The molecule has 1 amide bonds. The van der Waals surface area contributed by atoms with Crippen LogP contribution in [0.3, 0.4) is 0 Å². The highest BCUT2D eigenvalue weighted by Gasteiger charge is 2.60. The first kappa shape index (κ1) is 17.3. The minimum absolute atomic E-state index is 0.0358. The fourth-order valence-corrected chi connectivity index (χ4v) is 3.81. The number of carbonyl (C=O) groups is 1. The van der Waals surface area contributed by atoms with Crippen LogP contribution in [-0.2, 0) is 10.2 Å². The third-order valence-corrected chi connectivity index (χ3v) is 4.95. The van der Waals surface area contributed by atoms with Crippen LogP contribution < -0.4 is 21.0 Å². The van der Waals surface area contributed by atoms with Crippen molar-refractivity contribution in [2.24, 2.45) is 5.73 Å². The lowest BCUT2D eigenvalue weighted by Gasteiger charge is -2.32. The number of anilines is 1. The van der Waals surface area contributed by atoms with Crippen LogP contribution in [0.1, 0.15) is 16.9 Å². The molecule has 0 aliphatic carbocycles. The van der Waals surface area contributed by atoms with E-state index in [-0.39, 0.29) is 39.8 Å². The lowest BCUT2D eigenvalue weighted by molar-refractivity contribution is -0.384. The number of nitro benzene ring substituents is 1. The summed E-state index contributed by atoms with van der Waals surface area (Å²) in [7, 11) is 1.44. The van der Waals surface area contributed by atoms with Crippen molar-refractivity contribution in [3.63, 3.8) is 0 Å². The fraction of sp³-hybridized carbons (Fsp3) is 0.167. The number of nitrogens with two attached hydrogens (primary N) is 1. The SMILES string of the molecule is Cc1cc2c(c(=O)o1)C1(C(=O)N(C)c3ccc([N+](=O)[O-])cc31)C(C#N)=C(N)O2. The minimum atomic E-state index is -1.99. The second-order valence-corrected chi connectivity index (χ2v) is 6.41. The van der Waals surface area contributed by atoms with Crippen molar-refractivity contribution < 1.29 is 18.9 Å². The van der Waals surface area contributed by atoms with Gasteiger partial charge in [-0.15, -0.1) is 0 Å². The maximum Gasteiger partial charge on any atom is 0.344 e. The molecule has 140 valence electrons. The molecular weight excluding hydrogens is 368 g/mol. The van der Waals surface area contributed by atoms with E-state index in [4.69, 9.17) is 14.9 Å². The molecule has 1 aromatic carbocycles. The molecule has 28 heavy (non-hydrogen) atoms. The highest BCUT2D eigenvalue weighted by atomic mass is 16.6. The van der Waals surface area contributed by atoms with E-state index in [0.717, 1.165) is 6.07 Å². The molecule has 0 saturated heterocycles. The molecule has 3 heterocycles. The Balaban J connectivity index is 2.23. The maximum absolute atomic E-state index is 13.4. The van der Waals surface area contributed by atoms with Crippen LogP contribution in [0.25, 0.3) is 0 Å². The lowest BCUT2D eigenvalue weighted by Crippen LogP contribution is -2.47. The van der Waals surface area contributed by atoms with Crippen LogP contribution >= 0.6 is 0 Å². The minimum Gasteiger partial charge on any atom is -0.440 e. The predicted molar refractivity (Wildman–Crippen MR) is 94.5 cm³/mol. The van der Waals surface area contributed by atoms with Gasteiger partial charge < -0.3 is 19.8 Å². The standard InChI is InChI=1S/C18H12N4O6/c1-8-5-13-14(16(23)27-8)18(11(7-19)15(20)28-13)10-6-9(22(25)26)3-4-12(10)21(2)17(18)24/h3-6H,20H2,1-2H3. The van der Waals surface area contributed by atoms with Crippen molar-refractivity contribution in [3.05, 3.63) is 73.1 Å². The molecule has 1 atom stereocenters. The monoisotopic (exact) mass is 380 g/mol. The van der Waals surface area contributed by atoms with Gasteiger partial charge in [0, 0.05) is 36.5 Å². The van der Waals surface area contributed by atoms with E-state index < -0.39 is 21.9 Å². The van der Waals surface area contributed by atoms with Gasteiger partial charge in [0.25, 0.3) is 5.69 Å². The summed E-state index contributed by atoms with van der Waals surface area (Å²) in [6.45, 7) is 1.51. The predicted octanol–water partition coefficient (Wildman–Crippen LogP) is 1.21. The smallest absolute Gasteiger partial charge is 0.344 e. The first-order valence-corrected chi connectivity index (χ1v) is 8.04. The van der Waals surface area contributed by atoms with E-state index >= 15 is 0 Å². The van der Waals surface area contributed by atoms with Crippen LogP contribution in [0, 0.1) is 28.4 Å². The maximum atomic E-state index is 13.4. The van der Waals surface area contributed by atoms with Crippen molar-refractivity contribution in [2.45, 2.75) is 12.3 Å². The Kier molecular flexibility index (Phi) is 3.36. The Hall–Kier alpha value is -4.13. The van der Waals surface area contributed by atoms with Gasteiger partial charge in [-0.1, -0.05) is 0 Å². The van der Waals surface area contributed by atoms with Crippen molar-refractivity contribution in [2.75, 3.05) is 11.9 Å². The number of benzene rings is 1. The number of nitro groups is 1. The number of amides is 1. The summed E-state index contributed by atoms with van der Waals surface area (Å²) in [5, 5.41) is 21.1. The number of carbonyl (C=O) groups excluding carboxylic acids is 1. The van der Waals surface area contributed by atoms with E-state index in [2.05, 4.69) is 0 Å². The molecule has 1 aromatic heterocycles. The molecule has 2 aliphatic rings. The number of rotatable bonds is 1. The molecular formula is C18H12N4O6. The number of nitriles is 1. The lowest BCUT2D eigenvalue weighted by atomic mass is 9.69. The van der Waals surface area contributed by atoms with Gasteiger partial charge in [0.1, 0.15) is 28.7 Å². The van der Waals surface area contributed by atoms with Gasteiger partial charge in [0.2, 0.25) is 11.8 Å². The van der Waals surface area contributed by atoms with Crippen LogP contribution in [0.15, 0.2) is 44.9 Å². The number of hydrogen-bond acceptors (Lipinski definition) is 8. The molecule has 4 rings (SSSR count).